The van der Waals surface area contributed by atoms with Gasteiger partial charge in [0.25, 0.3) is 5.91 Å². The first-order valence-corrected chi connectivity index (χ1v) is 12.4. The maximum Gasteiger partial charge on any atom is 0.251 e. The number of rotatable bonds is 7. The summed E-state index contributed by atoms with van der Waals surface area (Å²) in [6.45, 7) is 3.38. The van der Waals surface area contributed by atoms with E-state index in [0.717, 1.165) is 44.0 Å². The highest BCUT2D eigenvalue weighted by atomic mass is 16.5. The second-order valence-electron chi connectivity index (χ2n) is 10.2. The van der Waals surface area contributed by atoms with E-state index in [1.807, 2.05) is 43.5 Å². The molecule has 3 aliphatic rings. The van der Waals surface area contributed by atoms with Crippen LogP contribution < -0.4 is 10.1 Å². The van der Waals surface area contributed by atoms with Crippen molar-refractivity contribution in [2.45, 2.75) is 49.7 Å². The Morgan fingerprint density at radius 3 is 2.67 bits per heavy atom. The Bertz CT molecular complexity index is 961. The zero-order valence-electron chi connectivity index (χ0n) is 19.8. The Morgan fingerprint density at radius 1 is 1.12 bits per heavy atom. The molecule has 176 valence electrons. The fourth-order valence-electron chi connectivity index (χ4n) is 6.25. The molecule has 1 aliphatic heterocycles. The molecular formula is C28H36N2O3. The lowest BCUT2D eigenvalue weighted by molar-refractivity contribution is -0.0678. The lowest BCUT2D eigenvalue weighted by Gasteiger charge is -2.55. The Labute approximate surface area is 197 Å². The molecule has 2 aromatic carbocycles. The fourth-order valence-corrected chi connectivity index (χ4v) is 6.25. The van der Waals surface area contributed by atoms with Crippen molar-refractivity contribution in [2.24, 2.45) is 11.8 Å². The number of carbonyl (C=O) groups is 1. The number of piperidine rings is 1. The Morgan fingerprint density at radius 2 is 1.94 bits per heavy atom. The molecule has 4 atom stereocenters. The van der Waals surface area contributed by atoms with Crippen molar-refractivity contribution in [3.63, 3.8) is 0 Å². The SMILES string of the molecule is COc1cccc(C23CCN(CC4CC4)CC2C(OC)C[C@@H](NC(=O)c2ccccc2)C3)c1. The number of hydrogen-bond acceptors (Lipinski definition) is 4. The Hall–Kier alpha value is -2.37. The van der Waals surface area contributed by atoms with Crippen LogP contribution in [0.1, 0.15) is 48.0 Å². The van der Waals surface area contributed by atoms with E-state index < -0.39 is 0 Å². The van der Waals surface area contributed by atoms with Crippen molar-refractivity contribution in [2.75, 3.05) is 33.9 Å². The Kier molecular flexibility index (Phi) is 6.44. The smallest absolute Gasteiger partial charge is 0.251 e. The number of fused-ring (bicyclic) bond motifs is 1. The average molecular weight is 449 g/mol. The molecule has 2 aromatic rings. The molecule has 5 nitrogen and oxygen atoms in total. The maximum absolute atomic E-state index is 13.0. The molecule has 33 heavy (non-hydrogen) atoms. The molecule has 1 N–H and O–H groups in total. The number of ether oxygens (including phenoxy) is 2. The van der Waals surface area contributed by atoms with Crippen LogP contribution in [-0.4, -0.2) is 56.8 Å². The summed E-state index contributed by atoms with van der Waals surface area (Å²) in [5.41, 5.74) is 1.99. The zero-order valence-corrected chi connectivity index (χ0v) is 19.8. The Balaban J connectivity index is 1.45. The van der Waals surface area contributed by atoms with E-state index in [4.69, 9.17) is 9.47 Å². The molecule has 0 aromatic heterocycles. The van der Waals surface area contributed by atoms with Gasteiger partial charge in [-0.05, 0) is 74.4 Å². The summed E-state index contributed by atoms with van der Waals surface area (Å²) < 4.78 is 11.7. The summed E-state index contributed by atoms with van der Waals surface area (Å²) in [6.07, 6.45) is 5.72. The summed E-state index contributed by atoms with van der Waals surface area (Å²) in [6, 6.07) is 18.2. The molecule has 0 bridgehead atoms. The maximum atomic E-state index is 13.0. The number of amides is 1. The first kappa shape index (κ1) is 22.4. The molecule has 3 unspecified atom stereocenters. The summed E-state index contributed by atoms with van der Waals surface area (Å²) in [4.78, 5) is 15.7. The largest absolute Gasteiger partial charge is 0.497 e. The topological polar surface area (TPSA) is 50.8 Å². The van der Waals surface area contributed by atoms with Crippen molar-refractivity contribution < 1.29 is 14.3 Å². The molecule has 5 rings (SSSR count). The van der Waals surface area contributed by atoms with E-state index in [-0.39, 0.29) is 23.5 Å². The van der Waals surface area contributed by atoms with Gasteiger partial charge in [-0.3, -0.25) is 4.79 Å². The second-order valence-corrected chi connectivity index (χ2v) is 10.2. The first-order valence-electron chi connectivity index (χ1n) is 12.4. The number of benzene rings is 2. The van der Waals surface area contributed by atoms with Crippen LogP contribution in [0.25, 0.3) is 0 Å². The normalized spacial score (nSPS) is 29.8. The second kappa shape index (κ2) is 9.47. The van der Waals surface area contributed by atoms with Gasteiger partial charge in [-0.25, -0.2) is 0 Å². The van der Waals surface area contributed by atoms with Crippen molar-refractivity contribution in [3.05, 3.63) is 65.7 Å². The molecule has 0 spiro atoms. The van der Waals surface area contributed by atoms with E-state index in [9.17, 15) is 4.79 Å². The van der Waals surface area contributed by atoms with Gasteiger partial charge in [-0.15, -0.1) is 0 Å². The van der Waals surface area contributed by atoms with Crippen molar-refractivity contribution in [1.29, 1.82) is 0 Å². The summed E-state index contributed by atoms with van der Waals surface area (Å²) in [5.74, 6) is 2.18. The van der Waals surface area contributed by atoms with Crippen molar-refractivity contribution >= 4 is 5.91 Å². The third kappa shape index (κ3) is 4.67. The molecule has 3 fully saturated rings. The van der Waals surface area contributed by atoms with Gasteiger partial charge in [-0.1, -0.05) is 30.3 Å². The minimum absolute atomic E-state index is 0.000801. The van der Waals surface area contributed by atoms with Crippen LogP contribution >= 0.6 is 0 Å². The summed E-state index contributed by atoms with van der Waals surface area (Å²) in [5, 5.41) is 3.35. The third-order valence-electron chi connectivity index (χ3n) is 8.15. The summed E-state index contributed by atoms with van der Waals surface area (Å²) in [7, 11) is 3.57. The number of hydrogen-bond donors (Lipinski definition) is 1. The van der Waals surface area contributed by atoms with Crippen molar-refractivity contribution in [3.8, 4) is 5.75 Å². The van der Waals surface area contributed by atoms with Crippen LogP contribution in [0, 0.1) is 11.8 Å². The number of nitrogens with one attached hydrogen (secondary N) is 1. The van der Waals surface area contributed by atoms with Gasteiger partial charge >= 0.3 is 0 Å². The van der Waals surface area contributed by atoms with Crippen LogP contribution in [0.5, 0.6) is 5.75 Å². The first-order chi connectivity index (χ1) is 16.1. The van der Waals surface area contributed by atoms with E-state index in [2.05, 4.69) is 28.4 Å². The minimum atomic E-state index is -0.0395. The molecule has 2 saturated carbocycles. The van der Waals surface area contributed by atoms with Gasteiger partial charge in [0, 0.05) is 43.1 Å². The highest BCUT2D eigenvalue weighted by Crippen LogP contribution is 2.51. The third-order valence-corrected chi connectivity index (χ3v) is 8.15. The van der Waals surface area contributed by atoms with Gasteiger partial charge < -0.3 is 19.7 Å². The minimum Gasteiger partial charge on any atom is -0.497 e. The van der Waals surface area contributed by atoms with E-state index in [1.165, 1.54) is 24.9 Å². The lowest BCUT2D eigenvalue weighted by atomic mass is 9.57. The average Bonchev–Trinajstić information content (AvgIpc) is 3.68. The molecule has 1 saturated heterocycles. The monoisotopic (exact) mass is 448 g/mol. The zero-order chi connectivity index (χ0) is 22.8. The standard InChI is InChI=1S/C28H36N2O3/c1-32-24-10-6-9-22(15-24)28-13-14-30(18-20-11-12-20)19-25(28)26(33-2)16-23(17-28)29-27(31)21-7-4-3-5-8-21/h3-10,15,20,23,25-26H,11-14,16-19H2,1-2H3,(H,29,31)/t23-,25?,26?,28?/m1/s1. The van der Waals surface area contributed by atoms with E-state index in [0.29, 0.717) is 11.5 Å². The molecule has 1 heterocycles. The molecule has 2 aliphatic carbocycles. The molecule has 1 amide bonds. The molecule has 5 heteroatoms. The number of nitrogens with zero attached hydrogens (tertiary/aromatic N) is 1. The fraction of sp³-hybridized carbons (Fsp3) is 0.536. The lowest BCUT2D eigenvalue weighted by Crippen LogP contribution is -2.61. The predicted octanol–water partition coefficient (Wildman–Crippen LogP) is 4.27. The molecule has 0 radical (unpaired) electrons. The highest BCUT2D eigenvalue weighted by Gasteiger charge is 2.53. The highest BCUT2D eigenvalue weighted by molar-refractivity contribution is 5.94. The van der Waals surface area contributed by atoms with Gasteiger partial charge in [0.15, 0.2) is 0 Å². The number of methoxy groups -OCH3 is 2. The van der Waals surface area contributed by atoms with Crippen LogP contribution in [0.2, 0.25) is 0 Å². The number of likely N-dealkylation sites (tertiary alicyclic amines) is 1. The van der Waals surface area contributed by atoms with Crippen LogP contribution in [0.4, 0.5) is 0 Å². The summed E-state index contributed by atoms with van der Waals surface area (Å²) >= 11 is 0. The quantitative estimate of drug-likeness (QED) is 0.687. The van der Waals surface area contributed by atoms with Crippen LogP contribution in [-0.2, 0) is 10.2 Å². The van der Waals surface area contributed by atoms with Crippen LogP contribution in [0.3, 0.4) is 0 Å². The van der Waals surface area contributed by atoms with Gasteiger partial charge in [0.05, 0.1) is 13.2 Å². The van der Waals surface area contributed by atoms with Gasteiger partial charge in [0.2, 0.25) is 0 Å². The van der Waals surface area contributed by atoms with Gasteiger partial charge in [0.1, 0.15) is 5.75 Å². The predicted molar refractivity (Wildman–Crippen MR) is 130 cm³/mol. The van der Waals surface area contributed by atoms with E-state index in [1.54, 1.807) is 7.11 Å². The van der Waals surface area contributed by atoms with Crippen LogP contribution in [0.15, 0.2) is 54.6 Å². The molecular weight excluding hydrogens is 412 g/mol. The van der Waals surface area contributed by atoms with Crippen molar-refractivity contribution in [1.82, 2.24) is 10.2 Å². The van der Waals surface area contributed by atoms with E-state index >= 15 is 0 Å². The van der Waals surface area contributed by atoms with Gasteiger partial charge in [-0.2, -0.15) is 0 Å². The number of carbonyl (C=O) groups excluding carboxylic acids is 1.